The second-order valence-corrected chi connectivity index (χ2v) is 6.53. The maximum atomic E-state index is 8.85. The molecule has 0 bridgehead atoms. The van der Waals surface area contributed by atoms with Crippen LogP contribution < -0.4 is 15.0 Å². The van der Waals surface area contributed by atoms with Crippen LogP contribution in [0.3, 0.4) is 0 Å². The smallest absolute Gasteiger partial charge is 0.119 e. The Bertz CT molecular complexity index is 645. The first-order valence-corrected chi connectivity index (χ1v) is 8.64. The Kier molecular flexibility index (Phi) is 5.61. The van der Waals surface area contributed by atoms with E-state index >= 15 is 0 Å². The van der Waals surface area contributed by atoms with E-state index in [1.165, 1.54) is 11.3 Å². The number of anilines is 1. The van der Waals surface area contributed by atoms with Crippen molar-refractivity contribution in [2.75, 3.05) is 31.2 Å². The van der Waals surface area contributed by atoms with E-state index in [0.29, 0.717) is 12.6 Å². The van der Waals surface area contributed by atoms with Gasteiger partial charge in [-0.2, -0.15) is 0 Å². The van der Waals surface area contributed by atoms with Crippen LogP contribution in [0.15, 0.2) is 48.5 Å². The largest absolute Gasteiger partial charge is 0.491 e. The summed E-state index contributed by atoms with van der Waals surface area (Å²) in [5, 5.41) is 13.2. The van der Waals surface area contributed by atoms with Crippen LogP contribution in [0.25, 0.3) is 0 Å². The zero-order valence-corrected chi connectivity index (χ0v) is 14.5. The fourth-order valence-electron chi connectivity index (χ4n) is 3.08. The Morgan fingerprint density at radius 2 is 1.88 bits per heavy atom. The van der Waals surface area contributed by atoms with E-state index in [0.717, 1.165) is 23.9 Å². The van der Waals surface area contributed by atoms with Crippen LogP contribution in [0, 0.1) is 0 Å². The minimum absolute atomic E-state index is 0.0235. The van der Waals surface area contributed by atoms with Crippen molar-refractivity contribution in [3.63, 3.8) is 0 Å². The number of benzene rings is 2. The first-order chi connectivity index (χ1) is 11.7. The van der Waals surface area contributed by atoms with Crippen LogP contribution in [0.1, 0.15) is 18.5 Å². The highest BCUT2D eigenvalue weighted by Gasteiger charge is 2.27. The minimum atomic E-state index is 0.0235. The summed E-state index contributed by atoms with van der Waals surface area (Å²) < 4.78 is 5.45. The Morgan fingerprint density at radius 3 is 2.54 bits per heavy atom. The number of rotatable bonds is 5. The van der Waals surface area contributed by atoms with Gasteiger partial charge in [-0.15, -0.1) is 0 Å². The molecule has 3 rings (SSSR count). The maximum Gasteiger partial charge on any atom is 0.119 e. The number of nitrogens with zero attached hydrogens (tertiary/aromatic N) is 1. The van der Waals surface area contributed by atoms with Gasteiger partial charge in [0.15, 0.2) is 0 Å². The van der Waals surface area contributed by atoms with Crippen molar-refractivity contribution in [3.8, 4) is 5.75 Å². The SMILES string of the molecule is C[C@@H]1CN(c2ccc(OCCO)cc2)C(c2ccc(Cl)cc2)CN1. The summed E-state index contributed by atoms with van der Waals surface area (Å²) in [6.45, 7) is 4.37. The van der Waals surface area contributed by atoms with Crippen LogP contribution in [-0.4, -0.2) is 37.5 Å². The van der Waals surface area contributed by atoms with Crippen molar-refractivity contribution in [2.45, 2.75) is 19.0 Å². The number of aliphatic hydroxyl groups is 1. The molecular weight excluding hydrogens is 324 g/mol. The van der Waals surface area contributed by atoms with Crippen LogP contribution in [0.2, 0.25) is 5.02 Å². The monoisotopic (exact) mass is 346 g/mol. The van der Waals surface area contributed by atoms with Crippen molar-refractivity contribution in [1.29, 1.82) is 0 Å². The summed E-state index contributed by atoms with van der Waals surface area (Å²) in [7, 11) is 0. The molecule has 0 radical (unpaired) electrons. The summed E-state index contributed by atoms with van der Waals surface area (Å²) in [5.41, 5.74) is 2.42. The predicted octanol–water partition coefficient (Wildman–Crippen LogP) is 3.25. The Labute approximate surface area is 148 Å². The predicted molar refractivity (Wildman–Crippen MR) is 98.0 cm³/mol. The zero-order valence-electron chi connectivity index (χ0n) is 13.8. The maximum absolute atomic E-state index is 8.85. The van der Waals surface area contributed by atoms with Crippen molar-refractivity contribution in [2.24, 2.45) is 0 Å². The van der Waals surface area contributed by atoms with Gasteiger partial charge in [0.05, 0.1) is 12.6 Å². The molecule has 1 aliphatic rings. The van der Waals surface area contributed by atoms with Crippen LogP contribution >= 0.6 is 11.6 Å². The van der Waals surface area contributed by atoms with Crippen molar-refractivity contribution in [1.82, 2.24) is 5.32 Å². The molecule has 2 atom stereocenters. The van der Waals surface area contributed by atoms with Crippen LogP contribution in [0.5, 0.6) is 5.75 Å². The van der Waals surface area contributed by atoms with E-state index in [9.17, 15) is 0 Å². The second kappa shape index (κ2) is 7.88. The molecule has 0 spiro atoms. The molecule has 2 N–H and O–H groups in total. The fraction of sp³-hybridized carbons (Fsp3) is 0.368. The van der Waals surface area contributed by atoms with Gasteiger partial charge in [0.1, 0.15) is 12.4 Å². The first kappa shape index (κ1) is 17.1. The van der Waals surface area contributed by atoms with Gasteiger partial charge in [-0.25, -0.2) is 0 Å². The molecule has 0 saturated carbocycles. The van der Waals surface area contributed by atoms with E-state index < -0.39 is 0 Å². The molecule has 0 amide bonds. The van der Waals surface area contributed by atoms with Crippen LogP contribution in [0.4, 0.5) is 5.69 Å². The van der Waals surface area contributed by atoms with Gasteiger partial charge in [-0.1, -0.05) is 23.7 Å². The molecule has 1 aliphatic heterocycles. The number of hydrogen-bond donors (Lipinski definition) is 2. The lowest BCUT2D eigenvalue weighted by molar-refractivity contribution is 0.201. The van der Waals surface area contributed by atoms with E-state index in [4.69, 9.17) is 21.4 Å². The lowest BCUT2D eigenvalue weighted by Crippen LogP contribution is -2.51. The molecule has 2 aromatic carbocycles. The number of piperazine rings is 1. The average molecular weight is 347 g/mol. The van der Waals surface area contributed by atoms with Crippen LogP contribution in [-0.2, 0) is 0 Å². The van der Waals surface area contributed by atoms with Gasteiger partial charge in [0.25, 0.3) is 0 Å². The van der Waals surface area contributed by atoms with E-state index in [2.05, 4.69) is 41.4 Å². The Balaban J connectivity index is 1.82. The molecule has 24 heavy (non-hydrogen) atoms. The first-order valence-electron chi connectivity index (χ1n) is 8.26. The topological polar surface area (TPSA) is 44.7 Å². The van der Waals surface area contributed by atoms with E-state index in [1.807, 2.05) is 24.3 Å². The number of hydrogen-bond acceptors (Lipinski definition) is 4. The van der Waals surface area contributed by atoms with Gasteiger partial charge in [-0.05, 0) is 48.9 Å². The molecular formula is C19H23ClN2O2. The summed E-state index contributed by atoms with van der Waals surface area (Å²) in [5.74, 6) is 0.777. The minimum Gasteiger partial charge on any atom is -0.491 e. The van der Waals surface area contributed by atoms with Crippen molar-refractivity contribution < 1.29 is 9.84 Å². The van der Waals surface area contributed by atoms with Gasteiger partial charge in [0, 0.05) is 29.8 Å². The summed E-state index contributed by atoms with van der Waals surface area (Å²) in [6.07, 6.45) is 0. The number of halogens is 1. The van der Waals surface area contributed by atoms with Gasteiger partial charge >= 0.3 is 0 Å². The van der Waals surface area contributed by atoms with Gasteiger partial charge in [-0.3, -0.25) is 0 Å². The molecule has 1 heterocycles. The summed E-state index contributed by atoms with van der Waals surface area (Å²) >= 11 is 6.03. The third kappa shape index (κ3) is 4.01. The highest BCUT2D eigenvalue weighted by molar-refractivity contribution is 6.30. The number of nitrogens with one attached hydrogen (secondary N) is 1. The molecule has 2 aromatic rings. The van der Waals surface area contributed by atoms with Crippen molar-refractivity contribution >= 4 is 17.3 Å². The average Bonchev–Trinajstić information content (AvgIpc) is 2.61. The van der Waals surface area contributed by atoms with Crippen molar-refractivity contribution in [3.05, 3.63) is 59.1 Å². The van der Waals surface area contributed by atoms with E-state index in [1.54, 1.807) is 0 Å². The molecule has 1 saturated heterocycles. The normalized spacial score (nSPS) is 20.9. The Hall–Kier alpha value is -1.75. The molecule has 1 unspecified atom stereocenters. The molecule has 0 aromatic heterocycles. The molecule has 4 nitrogen and oxygen atoms in total. The van der Waals surface area contributed by atoms with E-state index in [-0.39, 0.29) is 12.6 Å². The van der Waals surface area contributed by atoms with Gasteiger partial charge < -0.3 is 20.1 Å². The highest BCUT2D eigenvalue weighted by atomic mass is 35.5. The molecule has 5 heteroatoms. The summed E-state index contributed by atoms with van der Waals surface area (Å²) in [4.78, 5) is 2.42. The molecule has 1 fully saturated rings. The lowest BCUT2D eigenvalue weighted by Gasteiger charge is -2.41. The zero-order chi connectivity index (χ0) is 16.9. The quantitative estimate of drug-likeness (QED) is 0.872. The molecule has 128 valence electrons. The third-order valence-corrected chi connectivity index (χ3v) is 4.54. The Morgan fingerprint density at radius 1 is 1.17 bits per heavy atom. The second-order valence-electron chi connectivity index (χ2n) is 6.09. The third-order valence-electron chi connectivity index (χ3n) is 4.29. The van der Waals surface area contributed by atoms with Gasteiger partial charge in [0.2, 0.25) is 0 Å². The fourth-order valence-corrected chi connectivity index (χ4v) is 3.20. The molecule has 0 aliphatic carbocycles. The number of ether oxygens (including phenoxy) is 1. The standard InChI is InChI=1S/C19H23ClN2O2/c1-14-13-22(17-6-8-18(9-7-17)24-11-10-23)19(12-21-14)15-2-4-16(20)5-3-15/h2-9,14,19,21,23H,10-13H2,1H3/t14-,19?/m1/s1. The summed E-state index contributed by atoms with van der Waals surface area (Å²) in [6, 6.07) is 16.8. The highest BCUT2D eigenvalue weighted by Crippen LogP contribution is 2.31. The lowest BCUT2D eigenvalue weighted by atomic mass is 10.0. The number of aliphatic hydroxyl groups excluding tert-OH is 1.